The van der Waals surface area contributed by atoms with E-state index in [-0.39, 0.29) is 11.6 Å². The van der Waals surface area contributed by atoms with Crippen LogP contribution in [0.1, 0.15) is 24.1 Å². The van der Waals surface area contributed by atoms with Gasteiger partial charge in [-0.2, -0.15) is 13.2 Å². The molecule has 1 atom stereocenters. The number of hydrogen-bond acceptors (Lipinski definition) is 1. The first kappa shape index (κ1) is 12.0. The van der Waals surface area contributed by atoms with Gasteiger partial charge in [0.05, 0.1) is 11.1 Å². The number of halogens is 3. The molecule has 0 bridgehead atoms. The number of benzene rings is 1. The zero-order valence-electron chi connectivity index (χ0n) is 9.52. The molecule has 1 unspecified atom stereocenters. The third-order valence-electron chi connectivity index (χ3n) is 2.95. The van der Waals surface area contributed by atoms with Crippen LogP contribution in [-0.4, -0.2) is 12.0 Å². The van der Waals surface area contributed by atoms with Gasteiger partial charge in [0, 0.05) is 17.6 Å². The van der Waals surface area contributed by atoms with Crippen LogP contribution in [0.15, 0.2) is 24.4 Å². The van der Waals surface area contributed by atoms with Crippen molar-refractivity contribution < 1.29 is 13.2 Å². The van der Waals surface area contributed by atoms with E-state index < -0.39 is 11.7 Å². The topological polar surface area (TPSA) is 27.8 Å². The molecule has 0 aliphatic carbocycles. The summed E-state index contributed by atoms with van der Waals surface area (Å²) in [4.78, 5) is 2.72. The fourth-order valence-electron chi connectivity index (χ4n) is 1.93. The summed E-state index contributed by atoms with van der Waals surface area (Å²) in [6, 6.07) is 4.23. The van der Waals surface area contributed by atoms with E-state index in [0.29, 0.717) is 5.39 Å². The lowest BCUT2D eigenvalue weighted by molar-refractivity contribution is -0.136. The zero-order chi connectivity index (χ0) is 12.6. The minimum Gasteiger partial charge on any atom is -0.360 e. The van der Waals surface area contributed by atoms with Crippen molar-refractivity contribution in [2.45, 2.75) is 19.1 Å². The van der Waals surface area contributed by atoms with Crippen LogP contribution in [0.2, 0.25) is 0 Å². The lowest BCUT2D eigenvalue weighted by Gasteiger charge is -2.10. The maximum Gasteiger partial charge on any atom is 0.418 e. The lowest BCUT2D eigenvalue weighted by Crippen LogP contribution is -2.11. The molecule has 2 nitrogen and oxygen atoms in total. The first-order valence-electron chi connectivity index (χ1n) is 5.29. The Balaban J connectivity index is 2.65. The second kappa shape index (κ2) is 4.07. The molecule has 17 heavy (non-hydrogen) atoms. The number of aromatic nitrogens is 1. The maximum atomic E-state index is 12.8. The van der Waals surface area contributed by atoms with Crippen molar-refractivity contribution in [3.05, 3.63) is 35.5 Å². The number of hydrogen-bond donors (Lipinski definition) is 2. The molecule has 2 N–H and O–H groups in total. The van der Waals surface area contributed by atoms with Crippen molar-refractivity contribution in [3.63, 3.8) is 0 Å². The largest absolute Gasteiger partial charge is 0.418 e. The van der Waals surface area contributed by atoms with Gasteiger partial charge in [-0.25, -0.2) is 0 Å². The highest BCUT2D eigenvalue weighted by molar-refractivity contribution is 5.86. The van der Waals surface area contributed by atoms with Crippen LogP contribution in [0.4, 0.5) is 13.2 Å². The molecular weight excluding hydrogens is 229 g/mol. The minimum atomic E-state index is -4.33. The van der Waals surface area contributed by atoms with Gasteiger partial charge >= 0.3 is 6.18 Å². The van der Waals surface area contributed by atoms with E-state index in [4.69, 9.17) is 0 Å². The quantitative estimate of drug-likeness (QED) is 0.829. The van der Waals surface area contributed by atoms with Crippen LogP contribution in [0, 0.1) is 0 Å². The van der Waals surface area contributed by atoms with Crippen LogP contribution in [0.5, 0.6) is 0 Å². The summed E-state index contributed by atoms with van der Waals surface area (Å²) in [6.07, 6.45) is -2.70. The van der Waals surface area contributed by atoms with E-state index in [1.54, 1.807) is 19.3 Å². The Labute approximate surface area is 96.8 Å². The molecule has 0 radical (unpaired) electrons. The van der Waals surface area contributed by atoms with Crippen molar-refractivity contribution in [3.8, 4) is 0 Å². The highest BCUT2D eigenvalue weighted by Crippen LogP contribution is 2.36. The van der Waals surface area contributed by atoms with Gasteiger partial charge in [-0.1, -0.05) is 12.1 Å². The Morgan fingerprint density at radius 2 is 2.00 bits per heavy atom. The maximum absolute atomic E-state index is 12.8. The van der Waals surface area contributed by atoms with Gasteiger partial charge < -0.3 is 10.3 Å². The van der Waals surface area contributed by atoms with Gasteiger partial charge in [0.2, 0.25) is 0 Å². The molecule has 0 spiro atoms. The van der Waals surface area contributed by atoms with E-state index in [1.165, 1.54) is 6.07 Å². The minimum absolute atomic E-state index is 0.00670. The first-order chi connectivity index (χ1) is 7.95. The first-order valence-corrected chi connectivity index (χ1v) is 5.29. The molecule has 2 aromatic rings. The third kappa shape index (κ3) is 2.02. The van der Waals surface area contributed by atoms with Gasteiger partial charge in [0.15, 0.2) is 0 Å². The molecule has 0 amide bonds. The summed E-state index contributed by atoms with van der Waals surface area (Å²) in [5.41, 5.74) is 0.371. The summed E-state index contributed by atoms with van der Waals surface area (Å²) >= 11 is 0. The average Bonchev–Trinajstić information content (AvgIpc) is 2.69. The monoisotopic (exact) mass is 242 g/mol. The summed E-state index contributed by atoms with van der Waals surface area (Å²) in [7, 11) is 1.77. The molecule has 1 aromatic heterocycles. The van der Waals surface area contributed by atoms with E-state index in [2.05, 4.69) is 10.3 Å². The Bertz CT molecular complexity index is 528. The fraction of sp³-hybridized carbons (Fsp3) is 0.333. The SMILES string of the molecule is CNC(C)c1c[nH]c2c(C(F)(F)F)cccc12. The van der Waals surface area contributed by atoms with E-state index >= 15 is 0 Å². The normalized spacial score (nSPS) is 14.2. The van der Waals surface area contributed by atoms with Gasteiger partial charge in [-0.05, 0) is 25.6 Å². The molecule has 5 heteroatoms. The molecule has 0 aliphatic rings. The third-order valence-corrected chi connectivity index (χ3v) is 2.95. The van der Waals surface area contributed by atoms with Gasteiger partial charge in [0.25, 0.3) is 0 Å². The van der Waals surface area contributed by atoms with Crippen LogP contribution in [0.25, 0.3) is 10.9 Å². The molecule has 1 heterocycles. The Kier molecular flexibility index (Phi) is 2.87. The summed E-state index contributed by atoms with van der Waals surface area (Å²) in [5.74, 6) is 0. The van der Waals surface area contributed by atoms with Crippen LogP contribution in [-0.2, 0) is 6.18 Å². The molecule has 0 saturated carbocycles. The zero-order valence-corrected chi connectivity index (χ0v) is 9.52. The lowest BCUT2D eigenvalue weighted by atomic mass is 10.0. The smallest absolute Gasteiger partial charge is 0.360 e. The molecular formula is C12H13F3N2. The number of alkyl halides is 3. The van der Waals surface area contributed by atoms with Gasteiger partial charge in [0.1, 0.15) is 0 Å². The molecule has 1 aromatic carbocycles. The molecule has 0 saturated heterocycles. The number of aromatic amines is 1. The number of rotatable bonds is 2. The number of fused-ring (bicyclic) bond motifs is 1. The van der Waals surface area contributed by atoms with Crippen LogP contribution < -0.4 is 5.32 Å². The fourth-order valence-corrected chi connectivity index (χ4v) is 1.93. The number of H-pyrrole nitrogens is 1. The predicted octanol–water partition coefficient (Wildman–Crippen LogP) is 3.47. The standard InChI is InChI=1S/C12H13F3N2/c1-7(16-2)9-6-17-11-8(9)4-3-5-10(11)12(13,14)15/h3-7,16-17H,1-2H3. The van der Waals surface area contributed by atoms with E-state index in [0.717, 1.165) is 11.6 Å². The van der Waals surface area contributed by atoms with Crippen molar-refractivity contribution in [2.75, 3.05) is 7.05 Å². The summed E-state index contributed by atoms with van der Waals surface area (Å²) < 4.78 is 38.3. The Morgan fingerprint density at radius 3 is 2.59 bits per heavy atom. The molecule has 0 aliphatic heterocycles. The Morgan fingerprint density at radius 1 is 1.29 bits per heavy atom. The second-order valence-corrected chi connectivity index (χ2v) is 3.98. The van der Waals surface area contributed by atoms with Gasteiger partial charge in [-0.3, -0.25) is 0 Å². The Hall–Kier alpha value is -1.49. The highest BCUT2D eigenvalue weighted by atomic mass is 19.4. The van der Waals surface area contributed by atoms with Crippen molar-refractivity contribution >= 4 is 10.9 Å². The number of para-hydroxylation sites is 1. The van der Waals surface area contributed by atoms with E-state index in [9.17, 15) is 13.2 Å². The second-order valence-electron chi connectivity index (χ2n) is 3.98. The number of nitrogens with one attached hydrogen (secondary N) is 2. The molecule has 0 fully saturated rings. The van der Waals surface area contributed by atoms with Crippen LogP contribution >= 0.6 is 0 Å². The average molecular weight is 242 g/mol. The summed E-state index contributed by atoms with van der Waals surface area (Å²) in [6.45, 7) is 1.91. The highest BCUT2D eigenvalue weighted by Gasteiger charge is 2.33. The van der Waals surface area contributed by atoms with Crippen molar-refractivity contribution in [1.82, 2.24) is 10.3 Å². The van der Waals surface area contributed by atoms with E-state index in [1.807, 2.05) is 6.92 Å². The molecule has 92 valence electrons. The predicted molar refractivity (Wildman–Crippen MR) is 60.8 cm³/mol. The van der Waals surface area contributed by atoms with Crippen molar-refractivity contribution in [1.29, 1.82) is 0 Å². The molecule has 2 rings (SSSR count). The van der Waals surface area contributed by atoms with Crippen LogP contribution in [0.3, 0.4) is 0 Å². The van der Waals surface area contributed by atoms with Gasteiger partial charge in [-0.15, -0.1) is 0 Å². The van der Waals surface area contributed by atoms with Crippen molar-refractivity contribution in [2.24, 2.45) is 0 Å². The summed E-state index contributed by atoms with van der Waals surface area (Å²) in [5, 5.41) is 3.63.